The average molecular weight is 447 g/mol. The highest BCUT2D eigenvalue weighted by Crippen LogP contribution is 2.36. The Morgan fingerprint density at radius 3 is 2.21 bits per heavy atom. The predicted molar refractivity (Wildman–Crippen MR) is 121 cm³/mol. The summed E-state index contributed by atoms with van der Waals surface area (Å²) in [7, 11) is 3.03. The number of non-ortho nitro benzene ring substituents is 2. The molecule has 1 aromatic heterocycles. The molecule has 0 fully saturated rings. The van der Waals surface area contributed by atoms with Crippen LogP contribution in [0.2, 0.25) is 0 Å². The Morgan fingerprint density at radius 2 is 1.58 bits per heavy atom. The zero-order valence-corrected chi connectivity index (χ0v) is 17.5. The molecule has 1 N–H and O–H groups in total. The number of ether oxygens (including phenoxy) is 2. The minimum Gasteiger partial charge on any atom is -0.493 e. The van der Waals surface area contributed by atoms with Gasteiger partial charge in [-0.15, -0.1) is 0 Å². The van der Waals surface area contributed by atoms with E-state index in [0.717, 1.165) is 12.1 Å². The molecule has 0 saturated carbocycles. The van der Waals surface area contributed by atoms with Crippen molar-refractivity contribution in [2.45, 2.75) is 0 Å². The van der Waals surface area contributed by atoms with Crippen LogP contribution in [0.3, 0.4) is 0 Å². The summed E-state index contributed by atoms with van der Waals surface area (Å²) in [6.07, 6.45) is 0. The summed E-state index contributed by atoms with van der Waals surface area (Å²) in [4.78, 5) is 30.5. The van der Waals surface area contributed by atoms with Crippen LogP contribution >= 0.6 is 0 Å². The van der Waals surface area contributed by atoms with Crippen LogP contribution in [0.5, 0.6) is 11.5 Å². The molecule has 0 spiro atoms. The second-order valence-corrected chi connectivity index (χ2v) is 6.83. The number of nitrogens with one attached hydrogen (secondary N) is 1. The maximum Gasteiger partial charge on any atom is 0.303 e. The summed E-state index contributed by atoms with van der Waals surface area (Å²) in [5.74, 6) is 1.27. The predicted octanol–water partition coefficient (Wildman–Crippen LogP) is 4.87. The van der Waals surface area contributed by atoms with E-state index >= 15 is 0 Å². The van der Waals surface area contributed by atoms with Gasteiger partial charge in [0.25, 0.3) is 5.69 Å². The molecule has 0 aliphatic rings. The van der Waals surface area contributed by atoms with E-state index in [4.69, 9.17) is 9.47 Å². The number of nitrogens with zero attached hydrogens (tertiary/aromatic N) is 4. The van der Waals surface area contributed by atoms with Crippen molar-refractivity contribution in [2.24, 2.45) is 0 Å². The zero-order chi connectivity index (χ0) is 23.5. The molecule has 0 saturated heterocycles. The van der Waals surface area contributed by atoms with Gasteiger partial charge >= 0.3 is 5.69 Å². The minimum absolute atomic E-state index is 0.0126. The van der Waals surface area contributed by atoms with E-state index in [9.17, 15) is 20.2 Å². The molecule has 1 heterocycles. The number of rotatable bonds is 7. The van der Waals surface area contributed by atoms with Crippen LogP contribution in [-0.4, -0.2) is 34.0 Å². The van der Waals surface area contributed by atoms with Crippen molar-refractivity contribution in [2.75, 3.05) is 19.5 Å². The summed E-state index contributed by atoms with van der Waals surface area (Å²) in [6.45, 7) is 0. The second kappa shape index (κ2) is 8.75. The molecule has 33 heavy (non-hydrogen) atoms. The number of anilines is 2. The Kier molecular flexibility index (Phi) is 5.68. The van der Waals surface area contributed by atoms with Crippen LogP contribution in [-0.2, 0) is 0 Å². The molecule has 4 rings (SSSR count). The molecule has 0 bridgehead atoms. The summed E-state index contributed by atoms with van der Waals surface area (Å²) in [5, 5.41) is 26.1. The van der Waals surface area contributed by atoms with Crippen LogP contribution in [0.15, 0.2) is 60.7 Å². The number of fused-ring (bicyclic) bond motifs is 1. The van der Waals surface area contributed by atoms with E-state index in [-0.39, 0.29) is 16.9 Å². The summed E-state index contributed by atoms with van der Waals surface area (Å²) >= 11 is 0. The molecule has 11 nitrogen and oxygen atoms in total. The Balaban J connectivity index is 1.95. The van der Waals surface area contributed by atoms with E-state index in [1.807, 2.05) is 6.07 Å². The van der Waals surface area contributed by atoms with Gasteiger partial charge in [-0.1, -0.05) is 30.3 Å². The van der Waals surface area contributed by atoms with Gasteiger partial charge in [-0.05, 0) is 12.1 Å². The number of hydrogen-bond donors (Lipinski definition) is 1. The van der Waals surface area contributed by atoms with Crippen LogP contribution in [0.1, 0.15) is 0 Å². The highest BCUT2D eigenvalue weighted by Gasteiger charge is 2.24. The molecule has 166 valence electrons. The first-order chi connectivity index (χ1) is 15.9. The normalized spacial score (nSPS) is 10.6. The number of methoxy groups -OCH3 is 2. The fourth-order valence-electron chi connectivity index (χ4n) is 3.31. The molecule has 4 aromatic rings. The van der Waals surface area contributed by atoms with Gasteiger partial charge in [-0.25, -0.2) is 9.97 Å². The van der Waals surface area contributed by atoms with Crippen molar-refractivity contribution >= 4 is 33.9 Å². The van der Waals surface area contributed by atoms with E-state index in [2.05, 4.69) is 15.3 Å². The van der Waals surface area contributed by atoms with Gasteiger partial charge < -0.3 is 14.8 Å². The Labute approximate surface area is 186 Å². The summed E-state index contributed by atoms with van der Waals surface area (Å²) in [6, 6.07) is 16.2. The topological polar surface area (TPSA) is 143 Å². The molecule has 0 atom stereocenters. The largest absolute Gasteiger partial charge is 0.493 e. The molecule has 0 aliphatic carbocycles. The van der Waals surface area contributed by atoms with Crippen molar-refractivity contribution < 1.29 is 19.3 Å². The third-order valence-corrected chi connectivity index (χ3v) is 4.84. The number of nitro benzene ring substituents is 2. The highest BCUT2D eigenvalue weighted by atomic mass is 16.6. The monoisotopic (exact) mass is 447 g/mol. The van der Waals surface area contributed by atoms with Crippen molar-refractivity contribution in [1.29, 1.82) is 0 Å². The molecular weight excluding hydrogens is 430 g/mol. The fraction of sp³-hybridized carbons (Fsp3) is 0.0909. The van der Waals surface area contributed by atoms with Crippen LogP contribution in [0.25, 0.3) is 22.3 Å². The fourth-order valence-corrected chi connectivity index (χ4v) is 3.31. The maximum absolute atomic E-state index is 11.6. The number of benzene rings is 3. The lowest BCUT2D eigenvalue weighted by Crippen LogP contribution is -2.03. The zero-order valence-electron chi connectivity index (χ0n) is 17.5. The van der Waals surface area contributed by atoms with Gasteiger partial charge in [0.2, 0.25) is 0 Å². The minimum atomic E-state index is -0.708. The van der Waals surface area contributed by atoms with Gasteiger partial charge in [-0.2, -0.15) is 0 Å². The Bertz CT molecular complexity index is 1380. The van der Waals surface area contributed by atoms with Crippen LogP contribution in [0, 0.1) is 20.2 Å². The van der Waals surface area contributed by atoms with Crippen molar-refractivity contribution in [3.05, 3.63) is 80.9 Å². The van der Waals surface area contributed by atoms with Crippen LogP contribution < -0.4 is 14.8 Å². The third kappa shape index (κ3) is 4.19. The summed E-state index contributed by atoms with van der Waals surface area (Å²) in [5.41, 5.74) is 0.589. The smallest absolute Gasteiger partial charge is 0.303 e. The van der Waals surface area contributed by atoms with Crippen LogP contribution in [0.4, 0.5) is 22.9 Å². The van der Waals surface area contributed by atoms with Gasteiger partial charge in [0, 0.05) is 23.4 Å². The van der Waals surface area contributed by atoms with Crippen molar-refractivity contribution in [1.82, 2.24) is 9.97 Å². The molecular formula is C22H17N5O6. The quantitative estimate of drug-likeness (QED) is 0.310. The average Bonchev–Trinajstić information content (AvgIpc) is 2.83. The number of nitro groups is 2. The lowest BCUT2D eigenvalue weighted by atomic mass is 10.1. The van der Waals surface area contributed by atoms with Gasteiger partial charge in [0.05, 0.1) is 30.1 Å². The van der Waals surface area contributed by atoms with Crippen molar-refractivity contribution in [3.63, 3.8) is 0 Å². The van der Waals surface area contributed by atoms with E-state index < -0.39 is 21.2 Å². The Hall–Kier alpha value is -4.80. The van der Waals surface area contributed by atoms with Crippen molar-refractivity contribution in [3.8, 4) is 22.8 Å². The molecule has 0 aliphatic heterocycles. The molecule has 3 aromatic carbocycles. The van der Waals surface area contributed by atoms with E-state index in [0.29, 0.717) is 28.4 Å². The molecule has 0 amide bonds. The van der Waals surface area contributed by atoms with Gasteiger partial charge in [-0.3, -0.25) is 20.2 Å². The van der Waals surface area contributed by atoms with E-state index in [1.54, 1.807) is 42.5 Å². The number of hydrogen-bond acceptors (Lipinski definition) is 9. The second-order valence-electron chi connectivity index (χ2n) is 6.83. The lowest BCUT2D eigenvalue weighted by Gasteiger charge is -2.14. The first-order valence-corrected chi connectivity index (χ1v) is 9.60. The molecule has 0 radical (unpaired) electrons. The lowest BCUT2D eigenvalue weighted by molar-refractivity contribution is -0.393. The maximum atomic E-state index is 11.6. The standard InChI is InChI=1S/C22H17N5O6/c1-32-18-9-8-14(10-19(18)33-2)23-22-20(13-6-4-3-5-7-13)25-21-16(24-22)11-15(26(28)29)12-17(21)27(30)31/h3-12H,1-2H3,(H,23,24). The van der Waals surface area contributed by atoms with Gasteiger partial charge in [0.15, 0.2) is 22.8 Å². The van der Waals surface area contributed by atoms with E-state index in [1.165, 1.54) is 14.2 Å². The first kappa shape index (κ1) is 21.4. The Morgan fingerprint density at radius 1 is 0.848 bits per heavy atom. The SMILES string of the molecule is COc1ccc(Nc2nc3cc([N+](=O)[O-])cc([N+](=O)[O-])c3nc2-c2ccccc2)cc1OC. The third-order valence-electron chi connectivity index (χ3n) is 4.84. The van der Waals surface area contributed by atoms with Gasteiger partial charge in [0.1, 0.15) is 11.2 Å². The number of aromatic nitrogens is 2. The molecule has 0 unspecified atom stereocenters. The first-order valence-electron chi connectivity index (χ1n) is 9.60. The molecule has 11 heteroatoms. The summed E-state index contributed by atoms with van der Waals surface area (Å²) < 4.78 is 10.6. The highest BCUT2D eigenvalue weighted by molar-refractivity contribution is 5.91.